The van der Waals surface area contributed by atoms with Crippen molar-refractivity contribution in [3.8, 4) is 11.3 Å². The second kappa shape index (κ2) is 9.35. The second-order valence-corrected chi connectivity index (χ2v) is 7.37. The zero-order valence-electron chi connectivity index (χ0n) is 18.0. The van der Waals surface area contributed by atoms with E-state index in [2.05, 4.69) is 10.3 Å². The van der Waals surface area contributed by atoms with Gasteiger partial charge in [-0.3, -0.25) is 4.79 Å². The Balaban J connectivity index is 1.59. The van der Waals surface area contributed by atoms with Gasteiger partial charge in [0.2, 0.25) is 0 Å². The number of benzene rings is 3. The maximum Gasteiger partial charge on any atom is 0.418 e. The number of ether oxygens (including phenoxy) is 1. The van der Waals surface area contributed by atoms with Gasteiger partial charge in [0.05, 0.1) is 34.6 Å². The quantitative estimate of drug-likeness (QED) is 0.350. The van der Waals surface area contributed by atoms with Crippen LogP contribution in [0.4, 0.5) is 18.9 Å². The number of hydrogen-bond donors (Lipinski definition) is 1. The van der Waals surface area contributed by atoms with E-state index >= 15 is 0 Å². The SMILES string of the molecule is CCOC(=O)c1ccccc1NC(=O)c1ccc(-c2ccc3cccc(C(F)(F)F)c3n2)cc1. The number of hydrogen-bond acceptors (Lipinski definition) is 4. The Morgan fingerprint density at radius 1 is 0.912 bits per heavy atom. The van der Waals surface area contributed by atoms with Crippen molar-refractivity contribution in [2.75, 3.05) is 11.9 Å². The van der Waals surface area contributed by atoms with Crippen LogP contribution in [0.1, 0.15) is 33.2 Å². The molecule has 0 saturated carbocycles. The van der Waals surface area contributed by atoms with Crippen LogP contribution in [0.5, 0.6) is 0 Å². The molecule has 3 aromatic carbocycles. The van der Waals surface area contributed by atoms with Gasteiger partial charge >= 0.3 is 12.1 Å². The molecule has 0 unspecified atom stereocenters. The highest BCUT2D eigenvalue weighted by molar-refractivity contribution is 6.08. The van der Waals surface area contributed by atoms with Crippen molar-refractivity contribution in [2.24, 2.45) is 0 Å². The van der Waals surface area contributed by atoms with Crippen molar-refractivity contribution in [1.82, 2.24) is 4.98 Å². The van der Waals surface area contributed by atoms with Crippen LogP contribution in [0.15, 0.2) is 78.9 Å². The van der Waals surface area contributed by atoms with Crippen molar-refractivity contribution in [3.05, 3.63) is 95.6 Å². The summed E-state index contributed by atoms with van der Waals surface area (Å²) in [5, 5.41) is 3.08. The molecule has 1 N–H and O–H groups in total. The zero-order chi connectivity index (χ0) is 24.3. The number of carbonyl (C=O) groups is 2. The van der Waals surface area contributed by atoms with E-state index in [0.717, 1.165) is 6.07 Å². The number of rotatable bonds is 5. The lowest BCUT2D eigenvalue weighted by Gasteiger charge is -2.12. The van der Waals surface area contributed by atoms with Crippen LogP contribution in [0.2, 0.25) is 0 Å². The highest BCUT2D eigenvalue weighted by atomic mass is 19.4. The Bertz CT molecular complexity index is 1370. The lowest BCUT2D eigenvalue weighted by molar-refractivity contribution is -0.136. The number of fused-ring (bicyclic) bond motifs is 1. The summed E-state index contributed by atoms with van der Waals surface area (Å²) in [6.07, 6.45) is -4.52. The summed E-state index contributed by atoms with van der Waals surface area (Å²) in [4.78, 5) is 29.1. The summed E-state index contributed by atoms with van der Waals surface area (Å²) in [7, 11) is 0. The standard InChI is InChI=1S/C26H19F3N2O3/c1-2-34-25(33)19-7-3-4-9-22(19)31-24(32)18-12-10-16(11-13-18)21-15-14-17-6-5-8-20(23(17)30-21)26(27,28)29/h3-15H,2H2,1H3,(H,31,32). The monoisotopic (exact) mass is 464 g/mol. The molecule has 0 radical (unpaired) electrons. The van der Waals surface area contributed by atoms with E-state index < -0.39 is 23.6 Å². The van der Waals surface area contributed by atoms with E-state index in [9.17, 15) is 22.8 Å². The fourth-order valence-electron chi connectivity index (χ4n) is 3.50. The molecule has 0 aliphatic carbocycles. The predicted molar refractivity (Wildman–Crippen MR) is 123 cm³/mol. The molecule has 172 valence electrons. The van der Waals surface area contributed by atoms with Gasteiger partial charge in [0.1, 0.15) is 0 Å². The van der Waals surface area contributed by atoms with Gasteiger partial charge < -0.3 is 10.1 Å². The third kappa shape index (κ3) is 4.76. The van der Waals surface area contributed by atoms with Crippen LogP contribution in [0, 0.1) is 0 Å². The van der Waals surface area contributed by atoms with Gasteiger partial charge in [0.15, 0.2) is 0 Å². The Labute approximate surface area is 193 Å². The molecule has 0 aliphatic rings. The molecular weight excluding hydrogens is 445 g/mol. The Morgan fingerprint density at radius 3 is 2.35 bits per heavy atom. The van der Waals surface area contributed by atoms with Crippen molar-refractivity contribution in [2.45, 2.75) is 13.1 Å². The second-order valence-electron chi connectivity index (χ2n) is 7.37. The van der Waals surface area contributed by atoms with E-state index in [0.29, 0.717) is 27.9 Å². The average molecular weight is 464 g/mol. The van der Waals surface area contributed by atoms with E-state index in [1.54, 1.807) is 73.7 Å². The number of aromatic nitrogens is 1. The minimum atomic E-state index is -4.52. The summed E-state index contributed by atoms with van der Waals surface area (Å²) in [5.41, 5.74) is 0.819. The summed E-state index contributed by atoms with van der Waals surface area (Å²) < 4.78 is 45.2. The number of esters is 1. The first kappa shape index (κ1) is 23.0. The molecule has 1 aromatic heterocycles. The molecule has 0 saturated heterocycles. The third-order valence-corrected chi connectivity index (χ3v) is 5.14. The number of amides is 1. The van der Waals surface area contributed by atoms with E-state index in [1.165, 1.54) is 6.07 Å². The molecule has 0 fully saturated rings. The van der Waals surface area contributed by atoms with Gasteiger partial charge in [-0.25, -0.2) is 9.78 Å². The van der Waals surface area contributed by atoms with E-state index in [4.69, 9.17) is 4.74 Å². The molecule has 0 bridgehead atoms. The van der Waals surface area contributed by atoms with E-state index in [1.807, 2.05) is 0 Å². The number of pyridine rings is 1. The molecule has 1 heterocycles. The highest BCUT2D eigenvalue weighted by Gasteiger charge is 2.33. The minimum Gasteiger partial charge on any atom is -0.462 e. The summed E-state index contributed by atoms with van der Waals surface area (Å²) in [6.45, 7) is 1.89. The first-order valence-electron chi connectivity index (χ1n) is 10.4. The maximum atomic E-state index is 13.4. The normalized spacial score (nSPS) is 11.3. The van der Waals surface area contributed by atoms with Gasteiger partial charge in [-0.1, -0.05) is 42.5 Å². The minimum absolute atomic E-state index is 0.134. The summed E-state index contributed by atoms with van der Waals surface area (Å²) in [6, 6.07) is 19.9. The number of para-hydroxylation sites is 2. The molecule has 5 nitrogen and oxygen atoms in total. The van der Waals surface area contributed by atoms with Crippen molar-refractivity contribution in [1.29, 1.82) is 0 Å². The number of anilines is 1. The van der Waals surface area contributed by atoms with Crippen LogP contribution in [-0.4, -0.2) is 23.5 Å². The van der Waals surface area contributed by atoms with Gasteiger partial charge in [0.25, 0.3) is 5.91 Å². The number of carbonyl (C=O) groups excluding carboxylic acids is 2. The number of alkyl halides is 3. The van der Waals surface area contributed by atoms with Crippen molar-refractivity contribution < 1.29 is 27.5 Å². The van der Waals surface area contributed by atoms with Gasteiger partial charge in [-0.05, 0) is 43.3 Å². The molecule has 34 heavy (non-hydrogen) atoms. The van der Waals surface area contributed by atoms with Crippen molar-refractivity contribution >= 4 is 28.5 Å². The zero-order valence-corrected chi connectivity index (χ0v) is 18.0. The lowest BCUT2D eigenvalue weighted by Crippen LogP contribution is -2.15. The number of nitrogens with zero attached hydrogens (tertiary/aromatic N) is 1. The van der Waals surface area contributed by atoms with E-state index in [-0.39, 0.29) is 17.7 Å². The van der Waals surface area contributed by atoms with Crippen LogP contribution < -0.4 is 5.32 Å². The summed E-state index contributed by atoms with van der Waals surface area (Å²) >= 11 is 0. The Hall–Kier alpha value is -4.20. The molecule has 1 amide bonds. The van der Waals surface area contributed by atoms with Gasteiger partial charge in [-0.2, -0.15) is 13.2 Å². The first-order valence-corrected chi connectivity index (χ1v) is 10.4. The fraction of sp³-hybridized carbons (Fsp3) is 0.115. The predicted octanol–water partition coefficient (Wildman–Crippen LogP) is 6.35. The first-order chi connectivity index (χ1) is 16.3. The van der Waals surface area contributed by atoms with Crippen LogP contribution in [-0.2, 0) is 10.9 Å². The molecule has 0 spiro atoms. The smallest absolute Gasteiger partial charge is 0.418 e. The van der Waals surface area contributed by atoms with Crippen LogP contribution in [0.25, 0.3) is 22.2 Å². The lowest BCUT2D eigenvalue weighted by atomic mass is 10.0. The molecule has 0 aliphatic heterocycles. The summed E-state index contributed by atoms with van der Waals surface area (Å²) in [5.74, 6) is -0.997. The Morgan fingerprint density at radius 2 is 1.65 bits per heavy atom. The highest BCUT2D eigenvalue weighted by Crippen LogP contribution is 2.34. The van der Waals surface area contributed by atoms with Crippen LogP contribution >= 0.6 is 0 Å². The van der Waals surface area contributed by atoms with Gasteiger partial charge in [0, 0.05) is 16.5 Å². The molecule has 8 heteroatoms. The molecule has 4 aromatic rings. The third-order valence-electron chi connectivity index (χ3n) is 5.14. The number of nitrogens with one attached hydrogen (secondary N) is 1. The molecule has 4 rings (SSSR count). The fourth-order valence-corrected chi connectivity index (χ4v) is 3.50. The maximum absolute atomic E-state index is 13.4. The Kier molecular flexibility index (Phi) is 6.32. The molecular formula is C26H19F3N2O3. The largest absolute Gasteiger partial charge is 0.462 e. The van der Waals surface area contributed by atoms with Crippen molar-refractivity contribution in [3.63, 3.8) is 0 Å². The number of halogens is 3. The molecule has 0 atom stereocenters. The topological polar surface area (TPSA) is 68.3 Å². The van der Waals surface area contributed by atoms with Crippen LogP contribution in [0.3, 0.4) is 0 Å². The average Bonchev–Trinajstić information content (AvgIpc) is 2.83. The van der Waals surface area contributed by atoms with Gasteiger partial charge in [-0.15, -0.1) is 0 Å².